The van der Waals surface area contributed by atoms with Gasteiger partial charge in [0.1, 0.15) is 0 Å². The Morgan fingerprint density at radius 3 is 2.71 bits per heavy atom. The van der Waals surface area contributed by atoms with Crippen molar-refractivity contribution in [1.82, 2.24) is 10.3 Å². The number of thiophene rings is 1. The van der Waals surface area contributed by atoms with E-state index in [-0.39, 0.29) is 11.8 Å². The van der Waals surface area contributed by atoms with Gasteiger partial charge in [0.25, 0.3) is 11.8 Å². The van der Waals surface area contributed by atoms with Crippen LogP contribution in [0.5, 0.6) is 0 Å². The van der Waals surface area contributed by atoms with Crippen molar-refractivity contribution < 1.29 is 9.59 Å². The summed E-state index contributed by atoms with van der Waals surface area (Å²) in [5.74, 6) is -0.385. The summed E-state index contributed by atoms with van der Waals surface area (Å²) in [7, 11) is 0. The molecule has 5 nitrogen and oxygen atoms in total. The second kappa shape index (κ2) is 7.52. The summed E-state index contributed by atoms with van der Waals surface area (Å²) in [6, 6.07) is 14.1. The van der Waals surface area contributed by atoms with Crippen molar-refractivity contribution in [3.63, 3.8) is 0 Å². The second-order valence-corrected chi connectivity index (χ2v) is 6.00. The van der Waals surface area contributed by atoms with Crippen molar-refractivity contribution >= 4 is 28.8 Å². The van der Waals surface area contributed by atoms with Crippen LogP contribution in [0.25, 0.3) is 0 Å². The highest BCUT2D eigenvalue weighted by Gasteiger charge is 2.09. The first-order chi connectivity index (χ1) is 11.7. The smallest absolute Gasteiger partial charge is 0.265 e. The number of pyridine rings is 1. The zero-order chi connectivity index (χ0) is 16.8. The monoisotopic (exact) mass is 337 g/mol. The minimum Gasteiger partial charge on any atom is -0.348 e. The summed E-state index contributed by atoms with van der Waals surface area (Å²) in [5.41, 5.74) is 2.00. The van der Waals surface area contributed by atoms with Crippen molar-refractivity contribution in [1.29, 1.82) is 0 Å². The number of nitrogens with one attached hydrogen (secondary N) is 2. The predicted octanol–water partition coefficient (Wildman–Crippen LogP) is 3.33. The maximum atomic E-state index is 12.2. The van der Waals surface area contributed by atoms with Crippen molar-refractivity contribution in [3.8, 4) is 0 Å². The van der Waals surface area contributed by atoms with Crippen LogP contribution < -0.4 is 10.6 Å². The van der Waals surface area contributed by atoms with Gasteiger partial charge in [-0.2, -0.15) is 0 Å². The van der Waals surface area contributed by atoms with Crippen molar-refractivity contribution in [2.24, 2.45) is 0 Å². The normalized spacial score (nSPS) is 10.2. The molecule has 0 radical (unpaired) electrons. The lowest BCUT2D eigenvalue weighted by atomic mass is 10.1. The topological polar surface area (TPSA) is 71.1 Å². The van der Waals surface area contributed by atoms with E-state index in [2.05, 4.69) is 15.6 Å². The number of aromatic nitrogens is 1. The molecular weight excluding hydrogens is 322 g/mol. The number of anilines is 1. The highest BCUT2D eigenvalue weighted by atomic mass is 32.1. The molecule has 2 N–H and O–H groups in total. The van der Waals surface area contributed by atoms with Gasteiger partial charge < -0.3 is 10.6 Å². The number of hydrogen-bond donors (Lipinski definition) is 2. The van der Waals surface area contributed by atoms with Gasteiger partial charge in [-0.25, -0.2) is 0 Å². The SMILES string of the molecule is O=C(NCc1cccnc1)c1cccc(NC(=O)c2cccs2)c1. The van der Waals surface area contributed by atoms with Gasteiger partial charge in [0.2, 0.25) is 0 Å². The van der Waals surface area contributed by atoms with Gasteiger partial charge in [-0.1, -0.05) is 18.2 Å². The molecule has 0 aliphatic heterocycles. The molecule has 6 heteroatoms. The molecule has 0 spiro atoms. The van der Waals surface area contributed by atoms with E-state index in [0.717, 1.165) is 5.56 Å². The van der Waals surface area contributed by atoms with Crippen molar-refractivity contribution in [3.05, 3.63) is 82.3 Å². The fourth-order valence-corrected chi connectivity index (χ4v) is 2.74. The molecule has 2 amide bonds. The van der Waals surface area contributed by atoms with Gasteiger partial charge in [-0.15, -0.1) is 11.3 Å². The molecule has 0 unspecified atom stereocenters. The van der Waals surface area contributed by atoms with E-state index in [1.54, 1.807) is 42.7 Å². The van der Waals surface area contributed by atoms with Crippen LogP contribution in [-0.2, 0) is 6.54 Å². The molecule has 0 aliphatic carbocycles. The molecule has 120 valence electrons. The molecule has 3 aromatic rings. The zero-order valence-electron chi connectivity index (χ0n) is 12.7. The Hall–Kier alpha value is -2.99. The Balaban J connectivity index is 1.64. The Bertz CT molecular complexity index is 832. The Labute approximate surface area is 143 Å². The molecule has 1 aromatic carbocycles. The molecule has 0 saturated carbocycles. The van der Waals surface area contributed by atoms with E-state index in [9.17, 15) is 9.59 Å². The predicted molar refractivity (Wildman–Crippen MR) is 94.1 cm³/mol. The Kier molecular flexibility index (Phi) is 4.98. The van der Waals surface area contributed by atoms with Gasteiger partial charge in [0, 0.05) is 30.2 Å². The lowest BCUT2D eigenvalue weighted by Crippen LogP contribution is -2.23. The Morgan fingerprint density at radius 1 is 1.04 bits per heavy atom. The van der Waals surface area contributed by atoms with Gasteiger partial charge in [-0.3, -0.25) is 14.6 Å². The zero-order valence-corrected chi connectivity index (χ0v) is 13.5. The number of benzene rings is 1. The number of rotatable bonds is 5. The van der Waals surface area contributed by atoms with Crippen LogP contribution >= 0.6 is 11.3 Å². The van der Waals surface area contributed by atoms with Crippen LogP contribution in [0.4, 0.5) is 5.69 Å². The van der Waals surface area contributed by atoms with Crippen LogP contribution in [0.15, 0.2) is 66.3 Å². The molecule has 3 rings (SSSR count). The molecular formula is C18H15N3O2S. The molecule has 2 aromatic heterocycles. The highest BCUT2D eigenvalue weighted by Crippen LogP contribution is 2.15. The number of hydrogen-bond acceptors (Lipinski definition) is 4. The molecule has 2 heterocycles. The first-order valence-corrected chi connectivity index (χ1v) is 8.22. The second-order valence-electron chi connectivity index (χ2n) is 5.06. The molecule has 0 bridgehead atoms. The first kappa shape index (κ1) is 15.9. The third kappa shape index (κ3) is 4.05. The first-order valence-electron chi connectivity index (χ1n) is 7.34. The minimum atomic E-state index is -0.203. The quantitative estimate of drug-likeness (QED) is 0.750. The molecule has 0 aliphatic rings. The lowest BCUT2D eigenvalue weighted by molar-refractivity contribution is 0.0949. The van der Waals surface area contributed by atoms with E-state index in [1.165, 1.54) is 11.3 Å². The van der Waals surface area contributed by atoms with E-state index in [0.29, 0.717) is 22.7 Å². The van der Waals surface area contributed by atoms with E-state index < -0.39 is 0 Å². The average molecular weight is 337 g/mol. The van der Waals surface area contributed by atoms with E-state index in [4.69, 9.17) is 0 Å². The number of carbonyl (C=O) groups is 2. The summed E-state index contributed by atoms with van der Waals surface area (Å²) in [4.78, 5) is 28.9. The lowest BCUT2D eigenvalue weighted by Gasteiger charge is -2.08. The van der Waals surface area contributed by atoms with Crippen LogP contribution in [0.1, 0.15) is 25.6 Å². The van der Waals surface area contributed by atoms with Crippen LogP contribution in [-0.4, -0.2) is 16.8 Å². The molecule has 0 fully saturated rings. The third-order valence-corrected chi connectivity index (χ3v) is 4.17. The summed E-state index contributed by atoms with van der Waals surface area (Å²) >= 11 is 1.37. The average Bonchev–Trinajstić information content (AvgIpc) is 3.15. The van der Waals surface area contributed by atoms with Crippen LogP contribution in [0, 0.1) is 0 Å². The summed E-state index contributed by atoms with van der Waals surface area (Å²) in [6.07, 6.45) is 3.39. The van der Waals surface area contributed by atoms with E-state index in [1.807, 2.05) is 23.6 Å². The number of nitrogens with zero attached hydrogens (tertiary/aromatic N) is 1. The van der Waals surface area contributed by atoms with Gasteiger partial charge in [-0.05, 0) is 41.3 Å². The van der Waals surface area contributed by atoms with Crippen LogP contribution in [0.3, 0.4) is 0 Å². The fourth-order valence-electron chi connectivity index (χ4n) is 2.13. The van der Waals surface area contributed by atoms with Crippen LogP contribution in [0.2, 0.25) is 0 Å². The third-order valence-electron chi connectivity index (χ3n) is 3.30. The minimum absolute atomic E-state index is 0.182. The maximum absolute atomic E-state index is 12.2. The Morgan fingerprint density at radius 2 is 1.96 bits per heavy atom. The van der Waals surface area contributed by atoms with Gasteiger partial charge in [0.05, 0.1) is 4.88 Å². The summed E-state index contributed by atoms with van der Waals surface area (Å²) in [6.45, 7) is 0.401. The molecule has 0 atom stereocenters. The van der Waals surface area contributed by atoms with Crippen molar-refractivity contribution in [2.45, 2.75) is 6.54 Å². The number of amides is 2. The number of carbonyl (C=O) groups excluding carboxylic acids is 2. The van der Waals surface area contributed by atoms with Crippen molar-refractivity contribution in [2.75, 3.05) is 5.32 Å². The fraction of sp³-hybridized carbons (Fsp3) is 0.0556. The molecule has 24 heavy (non-hydrogen) atoms. The maximum Gasteiger partial charge on any atom is 0.265 e. The standard InChI is InChI=1S/C18H15N3O2S/c22-17(20-12-13-4-2-8-19-11-13)14-5-1-6-15(10-14)21-18(23)16-7-3-9-24-16/h1-11H,12H2,(H,20,22)(H,21,23). The largest absolute Gasteiger partial charge is 0.348 e. The van der Waals surface area contributed by atoms with Gasteiger partial charge >= 0.3 is 0 Å². The molecule has 0 saturated heterocycles. The summed E-state index contributed by atoms with van der Waals surface area (Å²) < 4.78 is 0. The summed E-state index contributed by atoms with van der Waals surface area (Å²) in [5, 5.41) is 7.47. The van der Waals surface area contributed by atoms with E-state index >= 15 is 0 Å². The van der Waals surface area contributed by atoms with Gasteiger partial charge in [0.15, 0.2) is 0 Å². The highest BCUT2D eigenvalue weighted by molar-refractivity contribution is 7.12.